The standard InChI is InChI=1S/C12H16O3/c1-4-14-11-7-6-10(8-9(11)3)12(13)15-5-2/h6-8H,4-5H2,1-3H3. The Balaban J connectivity index is 2.86. The zero-order valence-corrected chi connectivity index (χ0v) is 9.37. The fourth-order valence-electron chi connectivity index (χ4n) is 1.31. The van der Waals surface area contributed by atoms with Gasteiger partial charge < -0.3 is 9.47 Å². The van der Waals surface area contributed by atoms with Crippen LogP contribution in [0.1, 0.15) is 29.8 Å². The average Bonchev–Trinajstić information content (AvgIpc) is 2.21. The summed E-state index contributed by atoms with van der Waals surface area (Å²) < 4.78 is 10.3. The van der Waals surface area contributed by atoms with Crippen LogP contribution in [0.3, 0.4) is 0 Å². The Morgan fingerprint density at radius 2 is 2.00 bits per heavy atom. The minimum absolute atomic E-state index is 0.288. The number of carbonyl (C=O) groups excluding carboxylic acids is 1. The van der Waals surface area contributed by atoms with Gasteiger partial charge in [-0.15, -0.1) is 0 Å². The molecule has 1 aromatic carbocycles. The van der Waals surface area contributed by atoms with Crippen molar-refractivity contribution in [3.63, 3.8) is 0 Å². The lowest BCUT2D eigenvalue weighted by atomic mass is 10.1. The number of esters is 1. The number of benzene rings is 1. The summed E-state index contributed by atoms with van der Waals surface area (Å²) in [6, 6.07) is 5.30. The zero-order valence-electron chi connectivity index (χ0n) is 9.37. The molecule has 82 valence electrons. The van der Waals surface area contributed by atoms with E-state index in [-0.39, 0.29) is 5.97 Å². The second kappa shape index (κ2) is 5.39. The van der Waals surface area contributed by atoms with E-state index < -0.39 is 0 Å². The molecule has 0 amide bonds. The summed E-state index contributed by atoms with van der Waals surface area (Å²) >= 11 is 0. The van der Waals surface area contributed by atoms with Crippen molar-refractivity contribution in [2.45, 2.75) is 20.8 Å². The van der Waals surface area contributed by atoms with Gasteiger partial charge in [0, 0.05) is 0 Å². The third-order valence-electron chi connectivity index (χ3n) is 1.99. The number of rotatable bonds is 4. The van der Waals surface area contributed by atoms with Gasteiger partial charge in [-0.3, -0.25) is 0 Å². The van der Waals surface area contributed by atoms with Gasteiger partial charge in [0.25, 0.3) is 0 Å². The summed E-state index contributed by atoms with van der Waals surface area (Å²) in [5, 5.41) is 0. The Hall–Kier alpha value is -1.51. The third kappa shape index (κ3) is 2.98. The van der Waals surface area contributed by atoms with Crippen molar-refractivity contribution in [2.75, 3.05) is 13.2 Å². The van der Waals surface area contributed by atoms with E-state index in [2.05, 4.69) is 0 Å². The molecule has 0 saturated carbocycles. The van der Waals surface area contributed by atoms with Crippen LogP contribution in [0.2, 0.25) is 0 Å². The molecule has 0 N–H and O–H groups in total. The largest absolute Gasteiger partial charge is 0.494 e. The predicted molar refractivity (Wildman–Crippen MR) is 58.3 cm³/mol. The maximum Gasteiger partial charge on any atom is 0.338 e. The molecule has 1 aromatic rings. The van der Waals surface area contributed by atoms with Crippen molar-refractivity contribution >= 4 is 5.97 Å². The fraction of sp³-hybridized carbons (Fsp3) is 0.417. The van der Waals surface area contributed by atoms with Crippen LogP contribution in [0.5, 0.6) is 5.75 Å². The quantitative estimate of drug-likeness (QED) is 0.713. The van der Waals surface area contributed by atoms with Crippen molar-refractivity contribution in [2.24, 2.45) is 0 Å². The van der Waals surface area contributed by atoms with Crippen LogP contribution in [-0.2, 0) is 4.74 Å². The molecule has 0 bridgehead atoms. The molecule has 0 spiro atoms. The molecule has 3 heteroatoms. The van der Waals surface area contributed by atoms with E-state index in [4.69, 9.17) is 9.47 Å². The number of ether oxygens (including phenoxy) is 2. The Bertz CT molecular complexity index is 345. The van der Waals surface area contributed by atoms with Crippen LogP contribution >= 0.6 is 0 Å². The van der Waals surface area contributed by atoms with Gasteiger partial charge >= 0.3 is 5.97 Å². The summed E-state index contributed by atoms with van der Waals surface area (Å²) in [6.07, 6.45) is 0. The smallest absolute Gasteiger partial charge is 0.338 e. The molecule has 0 unspecified atom stereocenters. The van der Waals surface area contributed by atoms with E-state index in [0.29, 0.717) is 18.8 Å². The molecule has 0 aromatic heterocycles. The Morgan fingerprint density at radius 1 is 1.27 bits per heavy atom. The van der Waals surface area contributed by atoms with E-state index in [1.807, 2.05) is 13.8 Å². The molecule has 15 heavy (non-hydrogen) atoms. The summed E-state index contributed by atoms with van der Waals surface area (Å²) in [5.74, 6) is 0.522. The van der Waals surface area contributed by atoms with Gasteiger partial charge in [-0.05, 0) is 44.5 Å². The van der Waals surface area contributed by atoms with Gasteiger partial charge in [0.2, 0.25) is 0 Å². The molecule has 3 nitrogen and oxygen atoms in total. The summed E-state index contributed by atoms with van der Waals surface area (Å²) in [7, 11) is 0. The fourth-order valence-corrected chi connectivity index (χ4v) is 1.31. The molecule has 0 atom stereocenters. The lowest BCUT2D eigenvalue weighted by molar-refractivity contribution is 0.0526. The van der Waals surface area contributed by atoms with Gasteiger partial charge in [-0.2, -0.15) is 0 Å². The highest BCUT2D eigenvalue weighted by Gasteiger charge is 2.08. The number of aryl methyl sites for hydroxylation is 1. The highest BCUT2D eigenvalue weighted by molar-refractivity contribution is 5.89. The van der Waals surface area contributed by atoms with Crippen LogP contribution in [0.4, 0.5) is 0 Å². The van der Waals surface area contributed by atoms with Gasteiger partial charge in [-0.25, -0.2) is 4.79 Å². The van der Waals surface area contributed by atoms with Gasteiger partial charge in [-0.1, -0.05) is 0 Å². The lowest BCUT2D eigenvalue weighted by Gasteiger charge is -2.08. The molecular formula is C12H16O3. The molecule has 0 fully saturated rings. The first-order valence-electron chi connectivity index (χ1n) is 5.09. The minimum Gasteiger partial charge on any atom is -0.494 e. The number of hydrogen-bond acceptors (Lipinski definition) is 3. The van der Waals surface area contributed by atoms with E-state index in [1.54, 1.807) is 25.1 Å². The third-order valence-corrected chi connectivity index (χ3v) is 1.99. The molecule has 0 radical (unpaired) electrons. The van der Waals surface area contributed by atoms with Crippen molar-refractivity contribution in [1.29, 1.82) is 0 Å². The minimum atomic E-state index is -0.288. The van der Waals surface area contributed by atoms with E-state index in [1.165, 1.54) is 0 Å². The number of carbonyl (C=O) groups is 1. The normalized spacial score (nSPS) is 9.80. The number of hydrogen-bond donors (Lipinski definition) is 0. The molecule has 0 aliphatic rings. The maximum absolute atomic E-state index is 11.4. The molecule has 0 aliphatic heterocycles. The second-order valence-electron chi connectivity index (χ2n) is 3.13. The predicted octanol–water partition coefficient (Wildman–Crippen LogP) is 2.57. The van der Waals surface area contributed by atoms with Crippen LogP contribution in [-0.4, -0.2) is 19.2 Å². The highest BCUT2D eigenvalue weighted by atomic mass is 16.5. The zero-order chi connectivity index (χ0) is 11.3. The van der Waals surface area contributed by atoms with Crippen molar-refractivity contribution in [3.8, 4) is 5.75 Å². The first-order valence-corrected chi connectivity index (χ1v) is 5.09. The van der Waals surface area contributed by atoms with Crippen molar-refractivity contribution in [3.05, 3.63) is 29.3 Å². The average molecular weight is 208 g/mol. The molecular weight excluding hydrogens is 192 g/mol. The van der Waals surface area contributed by atoms with E-state index in [0.717, 1.165) is 11.3 Å². The first-order chi connectivity index (χ1) is 7.19. The first kappa shape index (κ1) is 11.6. The Morgan fingerprint density at radius 3 is 2.53 bits per heavy atom. The molecule has 0 heterocycles. The highest BCUT2D eigenvalue weighted by Crippen LogP contribution is 2.19. The van der Waals surface area contributed by atoms with Gasteiger partial charge in [0.15, 0.2) is 0 Å². The van der Waals surface area contributed by atoms with E-state index >= 15 is 0 Å². The summed E-state index contributed by atoms with van der Waals surface area (Å²) in [5.41, 5.74) is 1.51. The molecule has 0 aliphatic carbocycles. The SMILES string of the molecule is CCOC(=O)c1ccc(OCC)c(C)c1. The molecule has 0 saturated heterocycles. The van der Waals surface area contributed by atoms with Gasteiger partial charge in [0.1, 0.15) is 5.75 Å². The van der Waals surface area contributed by atoms with Crippen molar-refractivity contribution in [1.82, 2.24) is 0 Å². The van der Waals surface area contributed by atoms with Crippen LogP contribution in [0, 0.1) is 6.92 Å². The summed E-state index contributed by atoms with van der Waals surface area (Å²) in [6.45, 7) is 6.65. The monoisotopic (exact) mass is 208 g/mol. The van der Waals surface area contributed by atoms with Gasteiger partial charge in [0.05, 0.1) is 18.8 Å². The van der Waals surface area contributed by atoms with Crippen LogP contribution in [0.15, 0.2) is 18.2 Å². The Labute approximate surface area is 90.0 Å². The summed E-state index contributed by atoms with van der Waals surface area (Å²) in [4.78, 5) is 11.4. The topological polar surface area (TPSA) is 35.5 Å². The van der Waals surface area contributed by atoms with Crippen LogP contribution in [0.25, 0.3) is 0 Å². The maximum atomic E-state index is 11.4. The lowest BCUT2D eigenvalue weighted by Crippen LogP contribution is -2.05. The Kier molecular flexibility index (Phi) is 4.16. The second-order valence-corrected chi connectivity index (χ2v) is 3.13. The van der Waals surface area contributed by atoms with Crippen LogP contribution < -0.4 is 4.74 Å². The van der Waals surface area contributed by atoms with Crippen molar-refractivity contribution < 1.29 is 14.3 Å². The van der Waals surface area contributed by atoms with E-state index in [9.17, 15) is 4.79 Å². The molecule has 1 rings (SSSR count).